The minimum atomic E-state index is -1.07. The molecule has 0 aliphatic carbocycles. The molecule has 0 fully saturated rings. The average molecular weight is 231 g/mol. The summed E-state index contributed by atoms with van der Waals surface area (Å²) in [5.74, 6) is -3.24. The number of benzene rings is 1. The lowest BCUT2D eigenvalue weighted by molar-refractivity contribution is 0.338. The lowest BCUT2D eigenvalue weighted by Gasteiger charge is -2.15. The first-order valence-corrected chi connectivity index (χ1v) is 4.97. The maximum absolute atomic E-state index is 13.5. The van der Waals surface area contributed by atoms with Crippen LogP contribution in [0, 0.1) is 11.6 Å². The second-order valence-corrected chi connectivity index (χ2v) is 3.62. The first-order chi connectivity index (χ1) is 7.52. The Labute approximate surface area is 92.8 Å². The summed E-state index contributed by atoms with van der Waals surface area (Å²) in [6, 6.07) is 1.08. The van der Waals surface area contributed by atoms with E-state index >= 15 is 0 Å². The molecule has 1 rings (SSSR count). The molecule has 0 aliphatic rings. The van der Waals surface area contributed by atoms with E-state index in [0.717, 1.165) is 13.2 Å². The van der Waals surface area contributed by atoms with Crippen molar-refractivity contribution in [2.75, 3.05) is 13.7 Å². The highest BCUT2D eigenvalue weighted by Crippen LogP contribution is 2.36. The summed E-state index contributed by atoms with van der Waals surface area (Å²) in [5.41, 5.74) is 5.56. The molecule has 1 aromatic rings. The number of phenols is 1. The first-order valence-electron chi connectivity index (χ1n) is 4.97. The molecule has 0 bridgehead atoms. The molecule has 90 valence electrons. The molecule has 1 aromatic carbocycles. The fraction of sp³-hybridized carbons (Fsp3) is 0.455. The zero-order chi connectivity index (χ0) is 12.3. The highest BCUT2D eigenvalue weighted by Gasteiger charge is 2.21. The van der Waals surface area contributed by atoms with Crippen LogP contribution >= 0.6 is 0 Å². The molecule has 0 amide bonds. The van der Waals surface area contributed by atoms with Crippen LogP contribution in [0.5, 0.6) is 11.5 Å². The third kappa shape index (κ3) is 2.24. The van der Waals surface area contributed by atoms with Gasteiger partial charge in [0.1, 0.15) is 0 Å². The van der Waals surface area contributed by atoms with E-state index in [1.807, 2.05) is 0 Å². The van der Waals surface area contributed by atoms with Crippen LogP contribution in [0.15, 0.2) is 6.07 Å². The van der Waals surface area contributed by atoms with Gasteiger partial charge in [-0.2, -0.15) is 4.39 Å². The van der Waals surface area contributed by atoms with Crippen LogP contribution in [0.1, 0.15) is 24.8 Å². The number of halogens is 2. The molecule has 1 unspecified atom stereocenters. The van der Waals surface area contributed by atoms with Gasteiger partial charge >= 0.3 is 0 Å². The molecule has 3 nitrogen and oxygen atoms in total. The van der Waals surface area contributed by atoms with Crippen LogP contribution in [0.3, 0.4) is 0 Å². The first kappa shape index (κ1) is 12.7. The molecular formula is C11H15F2NO2. The Morgan fingerprint density at radius 1 is 1.50 bits per heavy atom. The Bertz CT molecular complexity index is 383. The number of rotatable bonds is 4. The zero-order valence-corrected chi connectivity index (χ0v) is 9.26. The van der Waals surface area contributed by atoms with Gasteiger partial charge in [-0.25, -0.2) is 4.39 Å². The molecule has 0 aromatic heterocycles. The largest absolute Gasteiger partial charge is 0.505 e. The van der Waals surface area contributed by atoms with Crippen LogP contribution in [0.4, 0.5) is 8.78 Å². The van der Waals surface area contributed by atoms with Crippen LogP contribution in [-0.4, -0.2) is 18.8 Å². The Kier molecular flexibility index (Phi) is 4.06. The van der Waals surface area contributed by atoms with Crippen LogP contribution in [0.25, 0.3) is 0 Å². The number of ether oxygens (including phenoxy) is 1. The predicted octanol–water partition coefficient (Wildman–Crippen LogP) is 2.13. The van der Waals surface area contributed by atoms with Gasteiger partial charge in [-0.1, -0.05) is 6.92 Å². The number of methoxy groups -OCH3 is 1. The topological polar surface area (TPSA) is 55.5 Å². The summed E-state index contributed by atoms with van der Waals surface area (Å²) in [6.45, 7) is 2.13. The Hall–Kier alpha value is -1.36. The molecule has 0 spiro atoms. The fourth-order valence-corrected chi connectivity index (χ4v) is 1.58. The fourth-order valence-electron chi connectivity index (χ4n) is 1.58. The van der Waals surface area contributed by atoms with Gasteiger partial charge in [0.25, 0.3) is 0 Å². The maximum atomic E-state index is 13.5. The summed E-state index contributed by atoms with van der Waals surface area (Å²) >= 11 is 0. The van der Waals surface area contributed by atoms with E-state index in [9.17, 15) is 13.9 Å². The highest BCUT2D eigenvalue weighted by molar-refractivity contribution is 5.44. The van der Waals surface area contributed by atoms with E-state index < -0.39 is 23.1 Å². The van der Waals surface area contributed by atoms with Crippen molar-refractivity contribution in [3.05, 3.63) is 23.3 Å². The van der Waals surface area contributed by atoms with E-state index in [-0.39, 0.29) is 11.5 Å². The van der Waals surface area contributed by atoms with Gasteiger partial charge in [-0.05, 0) is 24.9 Å². The molecule has 5 heteroatoms. The predicted molar refractivity (Wildman–Crippen MR) is 56.7 cm³/mol. The Morgan fingerprint density at radius 3 is 2.62 bits per heavy atom. The van der Waals surface area contributed by atoms with Crippen LogP contribution in [-0.2, 0) is 0 Å². The van der Waals surface area contributed by atoms with Crippen molar-refractivity contribution in [1.29, 1.82) is 0 Å². The number of hydrogen-bond donors (Lipinski definition) is 2. The molecule has 0 saturated carbocycles. The maximum Gasteiger partial charge on any atom is 0.209 e. The van der Waals surface area contributed by atoms with Gasteiger partial charge in [0, 0.05) is 5.56 Å². The van der Waals surface area contributed by atoms with Crippen molar-refractivity contribution in [2.24, 2.45) is 5.73 Å². The van der Waals surface area contributed by atoms with E-state index in [1.165, 1.54) is 0 Å². The second-order valence-electron chi connectivity index (χ2n) is 3.62. The van der Waals surface area contributed by atoms with Crippen LogP contribution < -0.4 is 10.5 Å². The molecule has 0 saturated heterocycles. The van der Waals surface area contributed by atoms with E-state index in [4.69, 9.17) is 5.73 Å². The quantitative estimate of drug-likeness (QED) is 0.834. The van der Waals surface area contributed by atoms with Crippen LogP contribution in [0.2, 0.25) is 0 Å². The molecule has 0 radical (unpaired) electrons. The molecule has 1 atom stereocenters. The SMILES string of the molecule is COc1c(F)cc(C(C)CCN)c(O)c1F. The van der Waals surface area contributed by atoms with Gasteiger partial charge in [0.05, 0.1) is 7.11 Å². The third-order valence-electron chi connectivity index (χ3n) is 2.51. The summed E-state index contributed by atoms with van der Waals surface area (Å²) in [7, 11) is 1.14. The van der Waals surface area contributed by atoms with Crippen molar-refractivity contribution in [3.8, 4) is 11.5 Å². The molecular weight excluding hydrogens is 216 g/mol. The number of aromatic hydroxyl groups is 1. The molecule has 0 aliphatic heterocycles. The van der Waals surface area contributed by atoms with Crippen molar-refractivity contribution < 1.29 is 18.6 Å². The van der Waals surface area contributed by atoms with E-state index in [0.29, 0.717) is 13.0 Å². The summed E-state index contributed by atoms with van der Waals surface area (Å²) in [6.07, 6.45) is 0.540. The summed E-state index contributed by atoms with van der Waals surface area (Å²) in [5, 5.41) is 9.57. The van der Waals surface area contributed by atoms with Crippen molar-refractivity contribution >= 4 is 0 Å². The molecule has 3 N–H and O–H groups in total. The average Bonchev–Trinajstić information content (AvgIpc) is 2.24. The number of phenolic OH excluding ortho intramolecular Hbond substituents is 1. The van der Waals surface area contributed by atoms with Gasteiger partial charge in [-0.15, -0.1) is 0 Å². The Balaban J connectivity index is 3.22. The monoisotopic (exact) mass is 231 g/mol. The third-order valence-corrected chi connectivity index (χ3v) is 2.51. The van der Waals surface area contributed by atoms with Crippen molar-refractivity contribution in [3.63, 3.8) is 0 Å². The number of hydrogen-bond acceptors (Lipinski definition) is 3. The lowest BCUT2D eigenvalue weighted by Crippen LogP contribution is -2.06. The standard InChI is InChI=1S/C11H15F2NO2/c1-6(3-4-14)7-5-8(12)11(16-2)9(13)10(7)15/h5-6,15H,3-4,14H2,1-2H3. The van der Waals surface area contributed by atoms with Crippen molar-refractivity contribution in [2.45, 2.75) is 19.3 Å². The lowest BCUT2D eigenvalue weighted by atomic mass is 9.96. The van der Waals surface area contributed by atoms with E-state index in [1.54, 1.807) is 6.92 Å². The minimum Gasteiger partial charge on any atom is -0.505 e. The van der Waals surface area contributed by atoms with Crippen molar-refractivity contribution in [1.82, 2.24) is 0 Å². The van der Waals surface area contributed by atoms with Gasteiger partial charge in [0.2, 0.25) is 5.82 Å². The number of nitrogens with two attached hydrogens (primary N) is 1. The summed E-state index contributed by atoms with van der Waals surface area (Å²) in [4.78, 5) is 0. The molecule has 0 heterocycles. The molecule has 16 heavy (non-hydrogen) atoms. The Morgan fingerprint density at radius 2 is 2.12 bits per heavy atom. The van der Waals surface area contributed by atoms with E-state index in [2.05, 4.69) is 4.74 Å². The van der Waals surface area contributed by atoms with Gasteiger partial charge < -0.3 is 15.6 Å². The summed E-state index contributed by atoms with van der Waals surface area (Å²) < 4.78 is 31.4. The smallest absolute Gasteiger partial charge is 0.209 e. The zero-order valence-electron chi connectivity index (χ0n) is 9.26. The minimum absolute atomic E-state index is 0.208. The van der Waals surface area contributed by atoms with Gasteiger partial charge in [-0.3, -0.25) is 0 Å². The normalized spacial score (nSPS) is 12.6. The highest BCUT2D eigenvalue weighted by atomic mass is 19.1. The second kappa shape index (κ2) is 5.12. The van der Waals surface area contributed by atoms with Gasteiger partial charge in [0.15, 0.2) is 17.3 Å².